The Morgan fingerprint density at radius 2 is 2.00 bits per heavy atom. The van der Waals surface area contributed by atoms with Gasteiger partial charge in [0, 0.05) is 48.7 Å². The molecule has 1 rings (SSSR count). The van der Waals surface area contributed by atoms with E-state index in [1.807, 2.05) is 27.0 Å². The Balaban J connectivity index is 2.92. The minimum absolute atomic E-state index is 0.191. The summed E-state index contributed by atoms with van der Waals surface area (Å²) in [5.74, 6) is 1.15. The van der Waals surface area contributed by atoms with E-state index >= 15 is 0 Å². The summed E-state index contributed by atoms with van der Waals surface area (Å²) in [4.78, 5) is 13.2. The van der Waals surface area contributed by atoms with Crippen LogP contribution in [0.4, 0.5) is 0 Å². The van der Waals surface area contributed by atoms with Gasteiger partial charge in [-0.3, -0.25) is 4.98 Å². The number of allylic oxidation sites excluding steroid dienone is 2. The molecule has 0 aliphatic heterocycles. The van der Waals surface area contributed by atoms with Gasteiger partial charge >= 0.3 is 0 Å². The SMILES string of the molecule is C=C(N)/N=C\C(=C(\C)N)N(CCCN(C)C)C[C@@H](C)NCc1ncc(C)c(OC)c1C. The number of aliphatic imine (C=N–C) groups is 1. The number of ether oxygens (including phenoxy) is 1. The van der Waals surface area contributed by atoms with Gasteiger partial charge in [0.25, 0.3) is 0 Å². The van der Waals surface area contributed by atoms with Gasteiger partial charge in [-0.15, -0.1) is 0 Å². The molecule has 0 amide bonds. The Bertz CT molecular complexity index is 782. The van der Waals surface area contributed by atoms with Gasteiger partial charge < -0.3 is 31.3 Å². The van der Waals surface area contributed by atoms with Crippen LogP contribution in [0.2, 0.25) is 0 Å². The maximum atomic E-state index is 6.18. The summed E-state index contributed by atoms with van der Waals surface area (Å²) in [5, 5.41) is 3.58. The molecule has 1 heterocycles. The van der Waals surface area contributed by atoms with Crippen molar-refractivity contribution in [3.8, 4) is 5.75 Å². The second-order valence-corrected chi connectivity index (χ2v) is 8.25. The van der Waals surface area contributed by atoms with Crippen molar-refractivity contribution >= 4 is 6.21 Å². The fraction of sp³-hybridized carbons (Fsp3) is 0.565. The number of nitrogens with one attached hydrogen (secondary N) is 1. The first-order valence-electron chi connectivity index (χ1n) is 10.6. The molecule has 0 aliphatic carbocycles. The van der Waals surface area contributed by atoms with Crippen LogP contribution in [0.25, 0.3) is 0 Å². The minimum Gasteiger partial charge on any atom is -0.496 e. The number of pyridine rings is 1. The van der Waals surface area contributed by atoms with Crippen LogP contribution in [0, 0.1) is 13.8 Å². The van der Waals surface area contributed by atoms with Crippen LogP contribution in [-0.2, 0) is 6.54 Å². The molecule has 0 aromatic carbocycles. The molecule has 1 aromatic rings. The number of aryl methyl sites for hydroxylation is 1. The Morgan fingerprint density at radius 1 is 1.32 bits per heavy atom. The lowest BCUT2D eigenvalue weighted by molar-refractivity contribution is 0.290. The predicted octanol–water partition coefficient (Wildman–Crippen LogP) is 2.13. The molecule has 0 saturated heterocycles. The summed E-state index contributed by atoms with van der Waals surface area (Å²) >= 11 is 0. The third-order valence-electron chi connectivity index (χ3n) is 4.99. The van der Waals surface area contributed by atoms with Gasteiger partial charge in [-0.25, -0.2) is 4.99 Å². The van der Waals surface area contributed by atoms with E-state index in [9.17, 15) is 0 Å². The van der Waals surface area contributed by atoms with E-state index in [0.29, 0.717) is 12.2 Å². The molecule has 0 spiro atoms. The highest BCUT2D eigenvalue weighted by atomic mass is 16.5. The van der Waals surface area contributed by atoms with Crippen LogP contribution in [0.5, 0.6) is 5.75 Å². The molecule has 5 N–H and O–H groups in total. The Morgan fingerprint density at radius 3 is 2.55 bits per heavy atom. The van der Waals surface area contributed by atoms with Crippen molar-refractivity contribution in [2.24, 2.45) is 16.5 Å². The molecule has 0 aliphatic rings. The van der Waals surface area contributed by atoms with Crippen LogP contribution >= 0.6 is 0 Å². The van der Waals surface area contributed by atoms with Gasteiger partial charge in [0.05, 0.1) is 24.7 Å². The molecule has 0 saturated carbocycles. The molecule has 31 heavy (non-hydrogen) atoms. The van der Waals surface area contributed by atoms with Gasteiger partial charge in [-0.05, 0) is 54.8 Å². The standard InChI is InChI=1S/C23H41N7O/c1-16-12-28-21(18(3)23(16)31-8)13-26-17(2)15-30(11-9-10-29(6)7)22(19(4)24)14-27-20(5)25/h12,14,17,26H,5,9-11,13,15,24-25H2,1-4,6-8H3/b22-19+,27-14-/t17-/m1/s1. The van der Waals surface area contributed by atoms with E-state index in [4.69, 9.17) is 16.2 Å². The van der Waals surface area contributed by atoms with Gasteiger partial charge in [-0.2, -0.15) is 0 Å². The zero-order chi connectivity index (χ0) is 23.6. The second-order valence-electron chi connectivity index (χ2n) is 8.25. The van der Waals surface area contributed by atoms with Gasteiger partial charge in [0.15, 0.2) is 0 Å². The third-order valence-corrected chi connectivity index (χ3v) is 4.99. The molecule has 0 unspecified atom stereocenters. The van der Waals surface area contributed by atoms with Crippen molar-refractivity contribution in [1.82, 2.24) is 20.1 Å². The van der Waals surface area contributed by atoms with E-state index in [-0.39, 0.29) is 11.9 Å². The molecule has 0 fully saturated rings. The fourth-order valence-corrected chi connectivity index (χ4v) is 3.38. The van der Waals surface area contributed by atoms with Gasteiger partial charge in [-0.1, -0.05) is 6.58 Å². The van der Waals surface area contributed by atoms with E-state index in [1.165, 1.54) is 0 Å². The van der Waals surface area contributed by atoms with Crippen LogP contribution in [0.15, 0.2) is 35.0 Å². The van der Waals surface area contributed by atoms with Crippen molar-refractivity contribution in [3.05, 3.63) is 46.8 Å². The molecule has 0 radical (unpaired) electrons. The zero-order valence-electron chi connectivity index (χ0n) is 20.3. The normalized spacial score (nSPS) is 13.4. The van der Waals surface area contributed by atoms with Gasteiger partial charge in [0.2, 0.25) is 0 Å². The Labute approximate surface area is 188 Å². The number of nitrogens with two attached hydrogens (primary N) is 2. The molecule has 8 nitrogen and oxygen atoms in total. The molecular weight excluding hydrogens is 390 g/mol. The number of nitrogens with zero attached hydrogens (tertiary/aromatic N) is 4. The average molecular weight is 432 g/mol. The summed E-state index contributed by atoms with van der Waals surface area (Å²) in [7, 11) is 5.84. The summed E-state index contributed by atoms with van der Waals surface area (Å²) in [6, 6.07) is 0.191. The topological polar surface area (TPSA) is 105 Å². The minimum atomic E-state index is 0.191. The Hall–Kier alpha value is -2.58. The van der Waals surface area contributed by atoms with Crippen molar-refractivity contribution < 1.29 is 4.74 Å². The van der Waals surface area contributed by atoms with E-state index in [2.05, 4.69) is 52.7 Å². The lowest BCUT2D eigenvalue weighted by Gasteiger charge is -2.30. The highest BCUT2D eigenvalue weighted by molar-refractivity contribution is 5.79. The van der Waals surface area contributed by atoms with Crippen LogP contribution in [-0.4, -0.2) is 67.9 Å². The van der Waals surface area contributed by atoms with Crippen LogP contribution in [0.1, 0.15) is 37.1 Å². The fourth-order valence-electron chi connectivity index (χ4n) is 3.38. The van der Waals surface area contributed by atoms with Crippen molar-refractivity contribution in [3.63, 3.8) is 0 Å². The smallest absolute Gasteiger partial charge is 0.128 e. The van der Waals surface area contributed by atoms with Crippen molar-refractivity contribution in [1.29, 1.82) is 0 Å². The van der Waals surface area contributed by atoms with E-state index in [1.54, 1.807) is 13.3 Å². The van der Waals surface area contributed by atoms with Crippen molar-refractivity contribution in [2.45, 2.75) is 46.7 Å². The van der Waals surface area contributed by atoms with E-state index in [0.717, 1.165) is 54.3 Å². The molecule has 8 heteroatoms. The number of aromatic nitrogens is 1. The molecule has 0 bridgehead atoms. The zero-order valence-corrected chi connectivity index (χ0v) is 20.3. The molecular formula is C23H41N7O. The van der Waals surface area contributed by atoms with Crippen LogP contribution in [0.3, 0.4) is 0 Å². The lowest BCUT2D eigenvalue weighted by Crippen LogP contribution is -2.40. The van der Waals surface area contributed by atoms with Crippen LogP contribution < -0.4 is 21.5 Å². The summed E-state index contributed by atoms with van der Waals surface area (Å²) in [5.41, 5.74) is 16.5. The molecule has 1 atom stereocenters. The first-order valence-corrected chi connectivity index (χ1v) is 10.6. The number of hydrogen-bond donors (Lipinski definition) is 3. The first-order chi connectivity index (χ1) is 14.6. The third kappa shape index (κ3) is 8.98. The maximum Gasteiger partial charge on any atom is 0.128 e. The highest BCUT2D eigenvalue weighted by Crippen LogP contribution is 2.23. The summed E-state index contributed by atoms with van der Waals surface area (Å²) < 4.78 is 5.52. The van der Waals surface area contributed by atoms with E-state index < -0.39 is 0 Å². The first kappa shape index (κ1) is 26.5. The monoisotopic (exact) mass is 431 g/mol. The average Bonchev–Trinajstić information content (AvgIpc) is 2.66. The van der Waals surface area contributed by atoms with Gasteiger partial charge in [0.1, 0.15) is 11.6 Å². The number of hydrogen-bond acceptors (Lipinski definition) is 8. The maximum absolute atomic E-state index is 6.18. The largest absolute Gasteiger partial charge is 0.496 e. The summed E-state index contributed by atoms with van der Waals surface area (Å²) in [6.45, 7) is 15.0. The lowest BCUT2D eigenvalue weighted by atomic mass is 10.1. The predicted molar refractivity (Wildman–Crippen MR) is 130 cm³/mol. The second kappa shape index (κ2) is 13.0. The highest BCUT2D eigenvalue weighted by Gasteiger charge is 2.16. The Kier molecular flexibility index (Phi) is 11.1. The number of methoxy groups -OCH3 is 1. The summed E-state index contributed by atoms with van der Waals surface area (Å²) in [6.07, 6.45) is 4.57. The molecule has 1 aromatic heterocycles. The molecule has 174 valence electrons. The quantitative estimate of drug-likeness (QED) is 0.411. The number of rotatable bonds is 13. The van der Waals surface area contributed by atoms with Crippen molar-refractivity contribution in [2.75, 3.05) is 40.8 Å².